The maximum Gasteiger partial charge on any atom is 0 e. The first-order valence-electron chi connectivity index (χ1n) is 0. The fraction of sp³-hybridized carbons (Fsp3) is 0. The van der Waals surface area contributed by atoms with Crippen molar-refractivity contribution in [3.05, 3.63) is 22.3 Å². The molecule has 0 bridgehead atoms. The van der Waals surface area contributed by atoms with Gasteiger partial charge in [-0.3, -0.25) is 0 Å². The van der Waals surface area contributed by atoms with E-state index in [1.54, 1.807) is 0 Å². The van der Waals surface area contributed by atoms with E-state index in [0.717, 1.165) is 0 Å². The summed E-state index contributed by atoms with van der Waals surface area (Å²) in [5.74, 6) is 0. The number of hydrogen-bond acceptors (Lipinski definition) is 0. The molecule has 0 aromatic carbocycles. The van der Waals surface area contributed by atoms with E-state index in [2.05, 4.69) is 0 Å². The second-order valence-electron chi connectivity index (χ2n) is 0. The van der Waals surface area contributed by atoms with Gasteiger partial charge in [0.05, 0.1) is 0 Å². The molecule has 0 saturated heterocycles. The van der Waals surface area contributed by atoms with Crippen LogP contribution >= 0.6 is 12.4 Å². The van der Waals surface area contributed by atoms with Crippen molar-refractivity contribution in [1.29, 1.82) is 0 Å². The van der Waals surface area contributed by atoms with E-state index in [-0.39, 0.29) is 60.5 Å². The zero-order valence-corrected chi connectivity index (χ0v) is 8.32. The molecular weight excluding hydrogens is 250 g/mol. The maximum absolute atomic E-state index is 0. The molecule has 2 heteroatoms. The largest absolute Gasteiger partial charge is 0.358 e. The van der Waals surface area contributed by atoms with Crippen LogP contribution < -0.4 is 0 Å². The van der Waals surface area contributed by atoms with Crippen LogP contribution in [0.3, 0.4) is 0 Å². The Bertz CT molecular complexity index is 6.85. The topological polar surface area (TPSA) is 0 Å². The standard InChI is InChI=1S/3CH3.ClH.Hf/h3*1H3;1H;/q3*-1;;. The molecule has 0 saturated carbocycles. The molecule has 5 heavy (non-hydrogen) atoms. The fourth-order valence-electron chi connectivity index (χ4n) is 0. The molecular formula is C3H10ClHf-3. The van der Waals surface area contributed by atoms with Crippen molar-refractivity contribution < 1.29 is 25.8 Å². The van der Waals surface area contributed by atoms with Gasteiger partial charge in [0, 0.05) is 25.8 Å². The first-order valence-corrected chi connectivity index (χ1v) is 0. The minimum atomic E-state index is 0. The monoisotopic (exact) mass is 261 g/mol. The van der Waals surface area contributed by atoms with Crippen molar-refractivity contribution in [3.63, 3.8) is 0 Å². The van der Waals surface area contributed by atoms with Gasteiger partial charge in [-0.25, -0.2) is 0 Å². The van der Waals surface area contributed by atoms with E-state index in [4.69, 9.17) is 0 Å². The Kier molecular flexibility index (Phi) is 1620. The molecule has 0 aliphatic carbocycles. The van der Waals surface area contributed by atoms with Crippen LogP contribution in [0.1, 0.15) is 0 Å². The van der Waals surface area contributed by atoms with Gasteiger partial charge in [-0.1, -0.05) is 0 Å². The molecule has 0 rings (SSSR count). The summed E-state index contributed by atoms with van der Waals surface area (Å²) in [4.78, 5) is 0. The van der Waals surface area contributed by atoms with Gasteiger partial charge in [0.15, 0.2) is 0 Å². The van der Waals surface area contributed by atoms with E-state index < -0.39 is 0 Å². The van der Waals surface area contributed by atoms with Crippen molar-refractivity contribution in [3.8, 4) is 0 Å². The Morgan fingerprint density at radius 3 is 0.600 bits per heavy atom. The number of rotatable bonds is 0. The predicted octanol–water partition coefficient (Wildman–Crippen LogP) is 1.77. The average molecular weight is 260 g/mol. The smallest absolute Gasteiger partial charge is 0 e. The third kappa shape index (κ3) is 38.3. The SMILES string of the molecule is Cl.[CH3-].[CH3-].[CH3-].[Hf]. The Morgan fingerprint density at radius 1 is 0.600 bits per heavy atom. The van der Waals surface area contributed by atoms with E-state index in [1.165, 1.54) is 0 Å². The summed E-state index contributed by atoms with van der Waals surface area (Å²) >= 11 is 0. The second kappa shape index (κ2) is 66.4. The summed E-state index contributed by atoms with van der Waals surface area (Å²) in [6.07, 6.45) is 0. The Labute approximate surface area is 60.5 Å². The summed E-state index contributed by atoms with van der Waals surface area (Å²) in [6.45, 7) is 0. The van der Waals surface area contributed by atoms with E-state index in [9.17, 15) is 0 Å². The van der Waals surface area contributed by atoms with Crippen molar-refractivity contribution in [2.75, 3.05) is 0 Å². The molecule has 0 heterocycles. The molecule has 0 aliphatic rings. The molecule has 0 aromatic rings. The third-order valence-electron chi connectivity index (χ3n) is 0. The predicted molar refractivity (Wildman–Crippen MR) is 26.5 cm³/mol. The van der Waals surface area contributed by atoms with Crippen molar-refractivity contribution in [1.82, 2.24) is 0 Å². The molecule has 0 amide bonds. The van der Waals surface area contributed by atoms with Gasteiger partial charge in [-0.15, -0.1) is 12.4 Å². The van der Waals surface area contributed by atoms with Crippen LogP contribution in [0.25, 0.3) is 0 Å². The zero-order valence-electron chi connectivity index (χ0n) is 3.91. The molecule has 0 fully saturated rings. The van der Waals surface area contributed by atoms with Gasteiger partial charge < -0.3 is 22.3 Å². The van der Waals surface area contributed by atoms with Crippen LogP contribution in [-0.4, -0.2) is 0 Å². The molecule has 0 unspecified atom stereocenters. The summed E-state index contributed by atoms with van der Waals surface area (Å²) in [6, 6.07) is 0. The number of hydrogen-bond donors (Lipinski definition) is 0. The van der Waals surface area contributed by atoms with Gasteiger partial charge >= 0.3 is 0 Å². The van der Waals surface area contributed by atoms with Crippen LogP contribution in [0.2, 0.25) is 0 Å². The maximum atomic E-state index is 0. The van der Waals surface area contributed by atoms with Gasteiger partial charge in [0.25, 0.3) is 0 Å². The molecule has 0 spiro atoms. The van der Waals surface area contributed by atoms with Crippen molar-refractivity contribution >= 4 is 12.4 Å². The van der Waals surface area contributed by atoms with E-state index >= 15 is 0 Å². The zero-order chi connectivity index (χ0) is 0. The number of halogens is 1. The Hall–Kier alpha value is 1.16. The van der Waals surface area contributed by atoms with E-state index in [0.29, 0.717) is 0 Å². The molecule has 0 aromatic heterocycles. The normalized spacial score (nSPS) is 0. The van der Waals surface area contributed by atoms with E-state index in [1.807, 2.05) is 0 Å². The third-order valence-corrected chi connectivity index (χ3v) is 0. The molecule has 36 valence electrons. The van der Waals surface area contributed by atoms with Crippen molar-refractivity contribution in [2.24, 2.45) is 0 Å². The van der Waals surface area contributed by atoms with Crippen LogP contribution in [-0.2, 0) is 25.8 Å². The minimum Gasteiger partial charge on any atom is -0.358 e. The van der Waals surface area contributed by atoms with Gasteiger partial charge in [-0.05, 0) is 0 Å². The quantitative estimate of drug-likeness (QED) is 0.460. The van der Waals surface area contributed by atoms with Gasteiger partial charge in [-0.2, -0.15) is 0 Å². The summed E-state index contributed by atoms with van der Waals surface area (Å²) < 4.78 is 0. The van der Waals surface area contributed by atoms with Crippen LogP contribution in [0.4, 0.5) is 0 Å². The molecule has 0 nitrogen and oxygen atoms in total. The van der Waals surface area contributed by atoms with Crippen LogP contribution in [0, 0.1) is 22.3 Å². The molecule has 0 radical (unpaired) electrons. The van der Waals surface area contributed by atoms with Gasteiger partial charge in [0.1, 0.15) is 0 Å². The first kappa shape index (κ1) is 122. The van der Waals surface area contributed by atoms with Gasteiger partial charge in [0.2, 0.25) is 0 Å². The minimum absolute atomic E-state index is 0. The summed E-state index contributed by atoms with van der Waals surface area (Å²) in [5.41, 5.74) is 0. The molecule has 0 atom stereocenters. The van der Waals surface area contributed by atoms with Crippen LogP contribution in [0.15, 0.2) is 0 Å². The Balaban J connectivity index is 0. The Morgan fingerprint density at radius 2 is 0.600 bits per heavy atom. The van der Waals surface area contributed by atoms with Crippen molar-refractivity contribution in [2.45, 2.75) is 0 Å². The molecule has 0 aliphatic heterocycles. The average Bonchev–Trinajstić information content (AvgIpc) is 0. The molecule has 0 N–H and O–H groups in total. The first-order chi connectivity index (χ1) is 0. The van der Waals surface area contributed by atoms with Crippen LogP contribution in [0.5, 0.6) is 0 Å². The second-order valence-corrected chi connectivity index (χ2v) is 0. The summed E-state index contributed by atoms with van der Waals surface area (Å²) in [5, 5.41) is 0. The summed E-state index contributed by atoms with van der Waals surface area (Å²) in [7, 11) is 0. The fourth-order valence-corrected chi connectivity index (χ4v) is 0.